The Bertz CT molecular complexity index is 427. The standard InChI is InChI=1S/C13H16N2O3/c16-12(17)9-15(11-4-2-1-3-5-11)13(18)10-6-7-14-8-10/h1-5,10,14H,6-9H2,(H,16,17). The maximum atomic E-state index is 12.3. The predicted octanol–water partition coefficient (Wildman–Crippen LogP) is 0.714. The van der Waals surface area contributed by atoms with Gasteiger partial charge in [-0.05, 0) is 25.1 Å². The molecule has 2 N–H and O–H groups in total. The Morgan fingerprint density at radius 3 is 2.61 bits per heavy atom. The molecule has 1 aromatic carbocycles. The summed E-state index contributed by atoms with van der Waals surface area (Å²) in [6.07, 6.45) is 0.766. The second kappa shape index (κ2) is 5.64. The van der Waals surface area contributed by atoms with Crippen molar-refractivity contribution in [1.82, 2.24) is 5.32 Å². The average Bonchev–Trinajstić information content (AvgIpc) is 2.90. The van der Waals surface area contributed by atoms with E-state index in [1.54, 1.807) is 24.3 Å². The molecule has 2 rings (SSSR count). The summed E-state index contributed by atoms with van der Waals surface area (Å²) >= 11 is 0. The number of carboxylic acids is 1. The van der Waals surface area contributed by atoms with Crippen molar-refractivity contribution in [3.8, 4) is 0 Å². The fourth-order valence-corrected chi connectivity index (χ4v) is 2.13. The number of hydrogen-bond acceptors (Lipinski definition) is 3. The molecule has 1 heterocycles. The second-order valence-electron chi connectivity index (χ2n) is 4.34. The van der Waals surface area contributed by atoms with Gasteiger partial charge in [0.2, 0.25) is 5.91 Å². The van der Waals surface area contributed by atoms with Crippen molar-refractivity contribution in [3.63, 3.8) is 0 Å². The second-order valence-corrected chi connectivity index (χ2v) is 4.34. The topological polar surface area (TPSA) is 69.6 Å². The summed E-state index contributed by atoms with van der Waals surface area (Å²) in [6.45, 7) is 1.15. The fraction of sp³-hybridized carbons (Fsp3) is 0.385. The van der Waals surface area contributed by atoms with Gasteiger partial charge in [0.15, 0.2) is 0 Å². The molecule has 0 spiro atoms. The molecule has 0 saturated carbocycles. The van der Waals surface area contributed by atoms with Crippen LogP contribution in [0.1, 0.15) is 6.42 Å². The average molecular weight is 248 g/mol. The maximum absolute atomic E-state index is 12.3. The van der Waals surface area contributed by atoms with Crippen LogP contribution in [0.15, 0.2) is 30.3 Å². The molecule has 1 fully saturated rings. The molecular formula is C13H16N2O3. The van der Waals surface area contributed by atoms with Gasteiger partial charge in [-0.2, -0.15) is 0 Å². The Kier molecular flexibility index (Phi) is 3.94. The summed E-state index contributed by atoms with van der Waals surface area (Å²) in [5.41, 5.74) is 0.636. The zero-order valence-electron chi connectivity index (χ0n) is 10.0. The summed E-state index contributed by atoms with van der Waals surface area (Å²) in [4.78, 5) is 24.5. The van der Waals surface area contributed by atoms with Crippen molar-refractivity contribution in [3.05, 3.63) is 30.3 Å². The van der Waals surface area contributed by atoms with Crippen molar-refractivity contribution in [2.24, 2.45) is 5.92 Å². The molecule has 1 aliphatic heterocycles. The number of carboxylic acid groups (broad SMARTS) is 1. The molecule has 0 bridgehead atoms. The number of carbonyl (C=O) groups is 2. The predicted molar refractivity (Wildman–Crippen MR) is 67.4 cm³/mol. The number of amides is 1. The van der Waals surface area contributed by atoms with Crippen LogP contribution in [0, 0.1) is 5.92 Å². The van der Waals surface area contributed by atoms with Gasteiger partial charge in [-0.25, -0.2) is 0 Å². The van der Waals surface area contributed by atoms with E-state index in [0.717, 1.165) is 13.0 Å². The van der Waals surface area contributed by atoms with Gasteiger partial charge in [0, 0.05) is 12.2 Å². The summed E-state index contributed by atoms with van der Waals surface area (Å²) in [5, 5.41) is 12.0. The lowest BCUT2D eigenvalue weighted by Crippen LogP contribution is -2.40. The molecule has 0 radical (unpaired) electrons. The van der Waals surface area contributed by atoms with Gasteiger partial charge >= 0.3 is 5.97 Å². The zero-order valence-corrected chi connectivity index (χ0v) is 10.0. The van der Waals surface area contributed by atoms with Crippen molar-refractivity contribution >= 4 is 17.6 Å². The zero-order chi connectivity index (χ0) is 13.0. The van der Waals surface area contributed by atoms with Crippen LogP contribution in [0.25, 0.3) is 0 Å². The molecule has 5 heteroatoms. The Balaban J connectivity index is 2.19. The molecule has 1 aromatic rings. The van der Waals surface area contributed by atoms with Crippen LogP contribution in [-0.4, -0.2) is 36.6 Å². The molecule has 1 aliphatic rings. The van der Waals surface area contributed by atoms with E-state index in [1.807, 2.05) is 6.07 Å². The van der Waals surface area contributed by atoms with Crippen LogP contribution < -0.4 is 10.2 Å². The van der Waals surface area contributed by atoms with E-state index in [1.165, 1.54) is 4.90 Å². The third-order valence-electron chi connectivity index (χ3n) is 3.04. The first-order chi connectivity index (χ1) is 8.68. The minimum atomic E-state index is -1.00. The van der Waals surface area contributed by atoms with Gasteiger partial charge in [0.1, 0.15) is 6.54 Å². The van der Waals surface area contributed by atoms with E-state index >= 15 is 0 Å². The van der Waals surface area contributed by atoms with Crippen LogP contribution in [0.3, 0.4) is 0 Å². The number of nitrogens with one attached hydrogen (secondary N) is 1. The molecule has 1 saturated heterocycles. The van der Waals surface area contributed by atoms with Crippen LogP contribution in [0.4, 0.5) is 5.69 Å². The maximum Gasteiger partial charge on any atom is 0.323 e. The molecule has 1 unspecified atom stereocenters. The first-order valence-electron chi connectivity index (χ1n) is 5.97. The quantitative estimate of drug-likeness (QED) is 0.823. The van der Waals surface area contributed by atoms with E-state index < -0.39 is 5.97 Å². The molecule has 18 heavy (non-hydrogen) atoms. The lowest BCUT2D eigenvalue weighted by Gasteiger charge is -2.23. The largest absolute Gasteiger partial charge is 0.480 e. The van der Waals surface area contributed by atoms with Crippen LogP contribution in [0.5, 0.6) is 0 Å². The number of carbonyl (C=O) groups excluding carboxylic acids is 1. The number of anilines is 1. The van der Waals surface area contributed by atoms with E-state index in [9.17, 15) is 9.59 Å². The van der Waals surface area contributed by atoms with E-state index in [2.05, 4.69) is 5.32 Å². The highest BCUT2D eigenvalue weighted by Crippen LogP contribution is 2.19. The van der Waals surface area contributed by atoms with Gasteiger partial charge in [0.05, 0.1) is 5.92 Å². The van der Waals surface area contributed by atoms with Gasteiger partial charge in [0.25, 0.3) is 0 Å². The van der Waals surface area contributed by atoms with Gasteiger partial charge in [-0.1, -0.05) is 18.2 Å². The highest BCUT2D eigenvalue weighted by molar-refractivity contribution is 5.98. The van der Waals surface area contributed by atoms with Gasteiger partial charge in [-0.15, -0.1) is 0 Å². The minimum absolute atomic E-state index is 0.117. The minimum Gasteiger partial charge on any atom is -0.480 e. The van der Waals surface area contributed by atoms with Crippen molar-refractivity contribution in [1.29, 1.82) is 0 Å². The van der Waals surface area contributed by atoms with Crippen molar-refractivity contribution in [2.45, 2.75) is 6.42 Å². The number of para-hydroxylation sites is 1. The van der Waals surface area contributed by atoms with Crippen molar-refractivity contribution in [2.75, 3.05) is 24.5 Å². The summed E-state index contributed by atoms with van der Waals surface area (Å²) in [5.74, 6) is -1.24. The van der Waals surface area contributed by atoms with Crippen LogP contribution in [-0.2, 0) is 9.59 Å². The smallest absolute Gasteiger partial charge is 0.323 e. The van der Waals surface area contributed by atoms with Crippen LogP contribution in [0.2, 0.25) is 0 Å². The third kappa shape index (κ3) is 2.87. The Labute approximate surface area is 105 Å². The first-order valence-corrected chi connectivity index (χ1v) is 5.97. The number of benzene rings is 1. The molecular weight excluding hydrogens is 232 g/mol. The highest BCUT2D eigenvalue weighted by atomic mass is 16.4. The molecule has 0 aliphatic carbocycles. The number of hydrogen-bond donors (Lipinski definition) is 2. The van der Waals surface area contributed by atoms with E-state index in [-0.39, 0.29) is 18.4 Å². The normalized spacial score (nSPS) is 18.6. The highest BCUT2D eigenvalue weighted by Gasteiger charge is 2.29. The monoisotopic (exact) mass is 248 g/mol. The molecule has 1 atom stereocenters. The lowest BCUT2D eigenvalue weighted by atomic mass is 10.1. The van der Waals surface area contributed by atoms with E-state index in [4.69, 9.17) is 5.11 Å². The molecule has 96 valence electrons. The van der Waals surface area contributed by atoms with Gasteiger partial charge < -0.3 is 15.3 Å². The SMILES string of the molecule is O=C(O)CN(C(=O)C1CCNC1)c1ccccc1. The molecule has 0 aromatic heterocycles. The molecule has 1 amide bonds. The van der Waals surface area contributed by atoms with Gasteiger partial charge in [-0.3, -0.25) is 9.59 Å². The van der Waals surface area contributed by atoms with E-state index in [0.29, 0.717) is 12.2 Å². The Morgan fingerprint density at radius 1 is 1.33 bits per heavy atom. The summed E-state index contributed by atoms with van der Waals surface area (Å²) < 4.78 is 0. The Morgan fingerprint density at radius 2 is 2.06 bits per heavy atom. The van der Waals surface area contributed by atoms with Crippen LogP contribution >= 0.6 is 0 Å². The summed E-state index contributed by atoms with van der Waals surface area (Å²) in [7, 11) is 0. The van der Waals surface area contributed by atoms with Crippen molar-refractivity contribution < 1.29 is 14.7 Å². The third-order valence-corrected chi connectivity index (χ3v) is 3.04. The lowest BCUT2D eigenvalue weighted by molar-refractivity contribution is -0.137. The fourth-order valence-electron chi connectivity index (χ4n) is 2.13. The molecule has 5 nitrogen and oxygen atoms in total. The number of aliphatic carboxylic acids is 1. The Hall–Kier alpha value is -1.88. The first kappa shape index (κ1) is 12.6. The number of rotatable bonds is 4. The summed E-state index contributed by atoms with van der Waals surface area (Å²) in [6, 6.07) is 8.94. The number of nitrogens with zero attached hydrogens (tertiary/aromatic N) is 1.